The summed E-state index contributed by atoms with van der Waals surface area (Å²) in [7, 11) is 0. The van der Waals surface area contributed by atoms with Crippen LogP contribution in [0.3, 0.4) is 0 Å². The molecule has 4 nitrogen and oxygen atoms in total. The first-order valence-electron chi connectivity index (χ1n) is 7.22. The topological polar surface area (TPSA) is 58.2 Å². The quantitative estimate of drug-likeness (QED) is 0.775. The number of carbonyl (C=O) groups excluding carboxylic acids is 2. The van der Waals surface area contributed by atoms with Crippen molar-refractivity contribution in [3.63, 3.8) is 0 Å². The van der Waals surface area contributed by atoms with E-state index in [4.69, 9.17) is 0 Å². The zero-order valence-corrected chi connectivity index (χ0v) is 13.8. The SMILES string of the molecule is CCCNC(=O)[C@@H](CCSC)NC(=O)c1cccc(C)c1. The Labute approximate surface area is 131 Å². The predicted octanol–water partition coefficient (Wildman–Crippen LogP) is 2.37. The first-order valence-corrected chi connectivity index (χ1v) is 8.62. The molecule has 0 bridgehead atoms. The second-order valence-electron chi connectivity index (χ2n) is 4.97. The third-order valence-corrected chi connectivity index (χ3v) is 3.71. The largest absolute Gasteiger partial charge is 0.354 e. The number of rotatable bonds is 8. The Kier molecular flexibility index (Phi) is 7.90. The third kappa shape index (κ3) is 6.21. The molecule has 0 radical (unpaired) electrons. The van der Waals surface area contributed by atoms with Crippen molar-refractivity contribution >= 4 is 23.6 Å². The lowest BCUT2D eigenvalue weighted by atomic mass is 10.1. The summed E-state index contributed by atoms with van der Waals surface area (Å²) >= 11 is 1.67. The van der Waals surface area contributed by atoms with E-state index in [1.54, 1.807) is 17.8 Å². The number of hydrogen-bond donors (Lipinski definition) is 2. The molecule has 1 rings (SSSR count). The molecule has 1 aromatic carbocycles. The van der Waals surface area contributed by atoms with Gasteiger partial charge in [0.05, 0.1) is 0 Å². The smallest absolute Gasteiger partial charge is 0.251 e. The summed E-state index contributed by atoms with van der Waals surface area (Å²) in [5.74, 6) is 0.529. The lowest BCUT2D eigenvalue weighted by molar-refractivity contribution is -0.123. The summed E-state index contributed by atoms with van der Waals surface area (Å²) in [5.41, 5.74) is 1.62. The van der Waals surface area contributed by atoms with Crippen LogP contribution in [0.1, 0.15) is 35.7 Å². The molecular weight excluding hydrogens is 284 g/mol. The fraction of sp³-hybridized carbons (Fsp3) is 0.500. The number of thioether (sulfide) groups is 1. The molecule has 0 heterocycles. The van der Waals surface area contributed by atoms with Crippen molar-refractivity contribution in [3.8, 4) is 0 Å². The molecule has 2 N–H and O–H groups in total. The van der Waals surface area contributed by atoms with Gasteiger partial charge in [-0.25, -0.2) is 0 Å². The van der Waals surface area contributed by atoms with E-state index in [1.807, 2.05) is 38.3 Å². The van der Waals surface area contributed by atoms with Crippen molar-refractivity contribution in [1.82, 2.24) is 10.6 Å². The standard InChI is InChI=1S/C16H24N2O2S/c1-4-9-17-16(20)14(8-10-21-3)18-15(19)13-7-5-6-12(2)11-13/h5-7,11,14H,4,8-10H2,1-3H3,(H,17,20)(H,18,19)/t14-/m1/s1. The van der Waals surface area contributed by atoms with Gasteiger partial charge in [0.1, 0.15) is 6.04 Å². The molecule has 1 atom stereocenters. The lowest BCUT2D eigenvalue weighted by Gasteiger charge is -2.18. The first-order chi connectivity index (χ1) is 10.1. The Morgan fingerprint density at radius 2 is 2.10 bits per heavy atom. The molecule has 0 saturated heterocycles. The average molecular weight is 308 g/mol. The van der Waals surface area contributed by atoms with Gasteiger partial charge in [0.2, 0.25) is 5.91 Å². The van der Waals surface area contributed by atoms with Gasteiger partial charge in [-0.2, -0.15) is 11.8 Å². The number of carbonyl (C=O) groups is 2. The van der Waals surface area contributed by atoms with E-state index in [-0.39, 0.29) is 11.8 Å². The first kappa shape index (κ1) is 17.6. The normalized spacial score (nSPS) is 11.8. The molecular formula is C16H24N2O2S. The van der Waals surface area contributed by atoms with Crippen molar-refractivity contribution in [1.29, 1.82) is 0 Å². The monoisotopic (exact) mass is 308 g/mol. The molecule has 116 valence electrons. The molecule has 21 heavy (non-hydrogen) atoms. The zero-order chi connectivity index (χ0) is 15.7. The second kappa shape index (κ2) is 9.45. The van der Waals surface area contributed by atoms with Crippen molar-refractivity contribution < 1.29 is 9.59 Å². The third-order valence-electron chi connectivity index (χ3n) is 3.06. The Bertz CT molecular complexity index is 477. The predicted molar refractivity (Wildman–Crippen MR) is 88.7 cm³/mol. The van der Waals surface area contributed by atoms with Crippen molar-refractivity contribution in [2.24, 2.45) is 0 Å². The molecule has 0 fully saturated rings. The van der Waals surface area contributed by atoms with Crippen molar-refractivity contribution in [2.45, 2.75) is 32.7 Å². The lowest BCUT2D eigenvalue weighted by Crippen LogP contribution is -2.47. The summed E-state index contributed by atoms with van der Waals surface area (Å²) in [6, 6.07) is 6.90. The van der Waals surface area contributed by atoms with Crippen LogP contribution in [0, 0.1) is 6.92 Å². The molecule has 0 aliphatic carbocycles. The zero-order valence-electron chi connectivity index (χ0n) is 12.9. The summed E-state index contributed by atoms with van der Waals surface area (Å²) in [5, 5.41) is 5.69. The number of amides is 2. The van der Waals surface area contributed by atoms with E-state index in [0.717, 1.165) is 17.7 Å². The maximum Gasteiger partial charge on any atom is 0.251 e. The fourth-order valence-electron chi connectivity index (χ4n) is 1.90. The van der Waals surface area contributed by atoms with E-state index >= 15 is 0 Å². The second-order valence-corrected chi connectivity index (χ2v) is 5.95. The fourth-order valence-corrected chi connectivity index (χ4v) is 2.38. The van der Waals surface area contributed by atoms with Gasteiger partial charge >= 0.3 is 0 Å². The Balaban J connectivity index is 2.70. The van der Waals surface area contributed by atoms with Gasteiger partial charge in [0, 0.05) is 12.1 Å². The van der Waals surface area contributed by atoms with Crippen LogP contribution in [-0.4, -0.2) is 36.4 Å². The maximum atomic E-state index is 12.3. The highest BCUT2D eigenvalue weighted by atomic mass is 32.2. The van der Waals surface area contributed by atoms with E-state index in [9.17, 15) is 9.59 Å². The van der Waals surface area contributed by atoms with Crippen molar-refractivity contribution in [2.75, 3.05) is 18.6 Å². The minimum absolute atomic E-state index is 0.105. The van der Waals surface area contributed by atoms with Gasteiger partial charge in [0.25, 0.3) is 5.91 Å². The molecule has 0 aliphatic heterocycles. The molecule has 0 unspecified atom stereocenters. The van der Waals surface area contributed by atoms with Crippen LogP contribution in [0.15, 0.2) is 24.3 Å². The summed E-state index contributed by atoms with van der Waals surface area (Å²) in [6.45, 7) is 4.58. The van der Waals surface area contributed by atoms with E-state index in [2.05, 4.69) is 10.6 Å². The summed E-state index contributed by atoms with van der Waals surface area (Å²) < 4.78 is 0. The number of benzene rings is 1. The number of nitrogens with one attached hydrogen (secondary N) is 2. The molecule has 0 aromatic heterocycles. The van der Waals surface area contributed by atoms with Gasteiger partial charge in [-0.3, -0.25) is 9.59 Å². The van der Waals surface area contributed by atoms with Crippen LogP contribution in [0.4, 0.5) is 0 Å². The summed E-state index contributed by atoms with van der Waals surface area (Å²) in [6.07, 6.45) is 3.50. The van der Waals surface area contributed by atoms with Gasteiger partial charge in [0.15, 0.2) is 0 Å². The van der Waals surface area contributed by atoms with Crippen molar-refractivity contribution in [3.05, 3.63) is 35.4 Å². The number of aryl methyl sites for hydroxylation is 1. The maximum absolute atomic E-state index is 12.3. The summed E-state index contributed by atoms with van der Waals surface area (Å²) in [4.78, 5) is 24.4. The molecule has 2 amide bonds. The Morgan fingerprint density at radius 3 is 2.71 bits per heavy atom. The highest BCUT2D eigenvalue weighted by molar-refractivity contribution is 7.98. The van der Waals surface area contributed by atoms with E-state index < -0.39 is 6.04 Å². The van der Waals surface area contributed by atoms with Crippen LogP contribution >= 0.6 is 11.8 Å². The van der Waals surface area contributed by atoms with Gasteiger partial charge in [-0.05, 0) is 43.9 Å². The van der Waals surface area contributed by atoms with Crippen LogP contribution < -0.4 is 10.6 Å². The van der Waals surface area contributed by atoms with E-state index in [1.165, 1.54) is 0 Å². The Hall–Kier alpha value is -1.49. The minimum atomic E-state index is -0.475. The van der Waals surface area contributed by atoms with Crippen LogP contribution in [-0.2, 0) is 4.79 Å². The molecule has 0 aliphatic rings. The van der Waals surface area contributed by atoms with Gasteiger partial charge in [-0.15, -0.1) is 0 Å². The Morgan fingerprint density at radius 1 is 1.33 bits per heavy atom. The highest BCUT2D eigenvalue weighted by Gasteiger charge is 2.20. The molecule has 0 spiro atoms. The molecule has 0 saturated carbocycles. The molecule has 5 heteroatoms. The van der Waals surface area contributed by atoms with Crippen LogP contribution in [0.5, 0.6) is 0 Å². The van der Waals surface area contributed by atoms with Gasteiger partial charge in [-0.1, -0.05) is 24.6 Å². The van der Waals surface area contributed by atoms with E-state index in [0.29, 0.717) is 18.5 Å². The van der Waals surface area contributed by atoms with Crippen LogP contribution in [0.2, 0.25) is 0 Å². The number of hydrogen-bond acceptors (Lipinski definition) is 3. The average Bonchev–Trinajstić information content (AvgIpc) is 2.48. The minimum Gasteiger partial charge on any atom is -0.354 e. The van der Waals surface area contributed by atoms with Crippen LogP contribution in [0.25, 0.3) is 0 Å². The van der Waals surface area contributed by atoms with Gasteiger partial charge < -0.3 is 10.6 Å². The highest BCUT2D eigenvalue weighted by Crippen LogP contribution is 2.06. The molecule has 1 aromatic rings.